The molecule has 0 amide bonds. The number of ether oxygens (including phenoxy) is 2. The van der Waals surface area contributed by atoms with Gasteiger partial charge in [-0.05, 0) is 23.6 Å². The average molecular weight is 401 g/mol. The smallest absolute Gasteiger partial charge is 0.218 e. The van der Waals surface area contributed by atoms with Crippen LogP contribution in [0.15, 0.2) is 54.6 Å². The lowest BCUT2D eigenvalue weighted by Gasteiger charge is -2.35. The van der Waals surface area contributed by atoms with Crippen molar-refractivity contribution in [2.45, 2.75) is 37.8 Å². The summed E-state index contributed by atoms with van der Waals surface area (Å²) in [7, 11) is 0. The van der Waals surface area contributed by atoms with E-state index in [1.165, 1.54) is 5.56 Å². The maximum atomic E-state index is 13.9. The van der Waals surface area contributed by atoms with E-state index in [2.05, 4.69) is 30.0 Å². The molecule has 5 heteroatoms. The Balaban J connectivity index is 1.49. The maximum Gasteiger partial charge on any atom is 0.218 e. The monoisotopic (exact) mass is 401 g/mol. The number of ketones is 2. The van der Waals surface area contributed by atoms with Crippen LogP contribution in [0.5, 0.6) is 0 Å². The van der Waals surface area contributed by atoms with Gasteiger partial charge in [-0.3, -0.25) is 9.59 Å². The molecule has 5 nitrogen and oxygen atoms in total. The minimum Gasteiger partial charge on any atom is -0.353 e. The van der Waals surface area contributed by atoms with E-state index in [9.17, 15) is 9.59 Å². The molecule has 0 aliphatic carbocycles. The first kappa shape index (κ1) is 18.0. The number of carbonyl (C=O) groups is 2. The molecule has 2 aromatic carbocycles. The average Bonchev–Trinajstić information content (AvgIpc) is 3.38. The second kappa shape index (κ2) is 6.62. The SMILES string of the molecule is CCc1ccc(C(=O)[C@@H]2[C@H]3C4COC(O4)C(=O)[C@@H]3[C@H]3C=Cc4ccccc4N32)cc1. The summed E-state index contributed by atoms with van der Waals surface area (Å²) in [5.41, 5.74) is 3.95. The van der Waals surface area contributed by atoms with Crippen LogP contribution in [0.1, 0.15) is 28.4 Å². The van der Waals surface area contributed by atoms with Gasteiger partial charge < -0.3 is 14.4 Å². The molecule has 4 aliphatic heterocycles. The number of rotatable bonds is 3. The Bertz CT molecular complexity index is 1060. The summed E-state index contributed by atoms with van der Waals surface area (Å²) in [6, 6.07) is 15.3. The normalized spacial score (nSPS) is 33.2. The summed E-state index contributed by atoms with van der Waals surface area (Å²) in [6.45, 7) is 2.46. The number of carbonyl (C=O) groups excluding carboxylic acids is 2. The highest BCUT2D eigenvalue weighted by Crippen LogP contribution is 2.50. The van der Waals surface area contributed by atoms with E-state index in [0.717, 1.165) is 17.7 Å². The van der Waals surface area contributed by atoms with Gasteiger partial charge in [0, 0.05) is 17.2 Å². The van der Waals surface area contributed by atoms with Crippen LogP contribution in [0.2, 0.25) is 0 Å². The van der Waals surface area contributed by atoms with E-state index < -0.39 is 12.3 Å². The van der Waals surface area contributed by atoms with Crippen LogP contribution < -0.4 is 4.90 Å². The third-order valence-corrected chi connectivity index (χ3v) is 7.07. The highest BCUT2D eigenvalue weighted by atomic mass is 16.7. The van der Waals surface area contributed by atoms with E-state index in [-0.39, 0.29) is 35.5 Å². The van der Waals surface area contributed by atoms with Gasteiger partial charge in [-0.2, -0.15) is 0 Å². The fourth-order valence-corrected chi connectivity index (χ4v) is 5.65. The largest absolute Gasteiger partial charge is 0.353 e. The van der Waals surface area contributed by atoms with Crippen molar-refractivity contribution in [1.82, 2.24) is 0 Å². The van der Waals surface area contributed by atoms with Gasteiger partial charge in [0.05, 0.1) is 30.7 Å². The number of fused-ring (bicyclic) bond motifs is 8. The van der Waals surface area contributed by atoms with Crippen molar-refractivity contribution >= 4 is 23.3 Å². The van der Waals surface area contributed by atoms with Gasteiger partial charge in [0.2, 0.25) is 6.29 Å². The second-order valence-corrected chi connectivity index (χ2v) is 8.52. The number of para-hydroxylation sites is 1. The van der Waals surface area contributed by atoms with Crippen LogP contribution in [0.25, 0.3) is 6.08 Å². The molecule has 3 fully saturated rings. The Morgan fingerprint density at radius 2 is 1.93 bits per heavy atom. The summed E-state index contributed by atoms with van der Waals surface area (Å²) >= 11 is 0. The first-order valence-corrected chi connectivity index (χ1v) is 10.7. The Hall–Kier alpha value is -2.76. The zero-order valence-corrected chi connectivity index (χ0v) is 16.7. The van der Waals surface area contributed by atoms with Crippen molar-refractivity contribution in [2.75, 3.05) is 11.5 Å². The fraction of sp³-hybridized carbons (Fsp3) is 0.360. The molecule has 3 saturated heterocycles. The second-order valence-electron chi connectivity index (χ2n) is 8.52. The van der Waals surface area contributed by atoms with Crippen molar-refractivity contribution in [3.05, 3.63) is 71.3 Å². The molecule has 4 heterocycles. The quantitative estimate of drug-likeness (QED) is 0.739. The lowest BCUT2D eigenvalue weighted by molar-refractivity contribution is -0.163. The summed E-state index contributed by atoms with van der Waals surface area (Å²) in [5.74, 6) is -0.522. The Morgan fingerprint density at radius 3 is 2.73 bits per heavy atom. The van der Waals surface area contributed by atoms with Crippen LogP contribution in [0.4, 0.5) is 5.69 Å². The van der Waals surface area contributed by atoms with E-state index in [0.29, 0.717) is 12.2 Å². The summed E-state index contributed by atoms with van der Waals surface area (Å²) in [5, 5.41) is 0. The number of anilines is 1. The van der Waals surface area contributed by atoms with Crippen molar-refractivity contribution in [2.24, 2.45) is 11.8 Å². The summed E-state index contributed by atoms with van der Waals surface area (Å²) in [4.78, 5) is 29.2. The van der Waals surface area contributed by atoms with E-state index in [1.807, 2.05) is 42.5 Å². The van der Waals surface area contributed by atoms with Crippen molar-refractivity contribution < 1.29 is 19.1 Å². The third-order valence-electron chi connectivity index (χ3n) is 7.07. The summed E-state index contributed by atoms with van der Waals surface area (Å²) in [6.07, 6.45) is 4.05. The molecule has 6 rings (SSSR count). The number of nitrogens with zero attached hydrogens (tertiary/aromatic N) is 1. The third kappa shape index (κ3) is 2.42. The predicted octanol–water partition coefficient (Wildman–Crippen LogP) is 3.27. The zero-order valence-electron chi connectivity index (χ0n) is 16.7. The number of hydrogen-bond acceptors (Lipinski definition) is 5. The molecule has 0 saturated carbocycles. The zero-order chi connectivity index (χ0) is 20.4. The van der Waals surface area contributed by atoms with Crippen LogP contribution in [-0.4, -0.2) is 42.7 Å². The Kier molecular flexibility index (Phi) is 3.98. The number of Topliss-reactive ketones (excluding diaryl/α,β-unsaturated/α-hetero) is 2. The van der Waals surface area contributed by atoms with Gasteiger partial charge in [-0.1, -0.05) is 61.5 Å². The molecule has 0 radical (unpaired) electrons. The number of hydrogen-bond donors (Lipinski definition) is 0. The lowest BCUT2D eigenvalue weighted by Crippen LogP contribution is -2.48. The Morgan fingerprint density at radius 1 is 1.13 bits per heavy atom. The Labute approximate surface area is 175 Å². The molecular formula is C25H23NO4. The molecule has 6 atom stereocenters. The van der Waals surface area contributed by atoms with Gasteiger partial charge in [-0.25, -0.2) is 0 Å². The van der Waals surface area contributed by atoms with E-state index >= 15 is 0 Å². The number of aryl methyl sites for hydroxylation is 1. The maximum absolute atomic E-state index is 13.9. The van der Waals surface area contributed by atoms with Gasteiger partial charge in [0.1, 0.15) is 0 Å². The van der Waals surface area contributed by atoms with Crippen molar-refractivity contribution in [1.29, 1.82) is 0 Å². The van der Waals surface area contributed by atoms with E-state index in [4.69, 9.17) is 9.47 Å². The standard InChI is InChI=1S/C25H23NO4/c1-2-14-7-9-16(10-8-14)23(27)22-21-19-13-29-25(30-19)24(28)20(21)18-12-11-15-5-3-4-6-17(15)26(18)22/h3-12,18-22,25H,2,13H2,1H3/t18-,19?,20-,21+,22+,25?/m1/s1. The molecule has 0 aromatic heterocycles. The van der Waals surface area contributed by atoms with Crippen molar-refractivity contribution in [3.8, 4) is 0 Å². The molecule has 4 aliphatic rings. The highest BCUT2D eigenvalue weighted by molar-refractivity contribution is 6.05. The first-order chi connectivity index (χ1) is 14.7. The molecule has 0 spiro atoms. The van der Waals surface area contributed by atoms with Gasteiger partial charge in [0.15, 0.2) is 11.6 Å². The van der Waals surface area contributed by atoms with Crippen LogP contribution in [0.3, 0.4) is 0 Å². The predicted molar refractivity (Wildman–Crippen MR) is 112 cm³/mol. The minimum absolute atomic E-state index is 0.0376. The van der Waals surface area contributed by atoms with Crippen LogP contribution in [0, 0.1) is 11.8 Å². The van der Waals surface area contributed by atoms with Gasteiger partial charge in [-0.15, -0.1) is 0 Å². The molecule has 2 aromatic rings. The highest BCUT2D eigenvalue weighted by Gasteiger charge is 2.63. The first-order valence-electron chi connectivity index (χ1n) is 10.7. The molecule has 30 heavy (non-hydrogen) atoms. The molecular weight excluding hydrogens is 378 g/mol. The molecule has 2 bridgehead atoms. The molecule has 0 N–H and O–H groups in total. The number of benzene rings is 2. The minimum atomic E-state index is -0.790. The summed E-state index contributed by atoms with van der Waals surface area (Å²) < 4.78 is 11.5. The van der Waals surface area contributed by atoms with Crippen molar-refractivity contribution in [3.63, 3.8) is 0 Å². The fourth-order valence-electron chi connectivity index (χ4n) is 5.65. The van der Waals surface area contributed by atoms with Crippen LogP contribution in [-0.2, 0) is 20.7 Å². The van der Waals surface area contributed by atoms with Gasteiger partial charge in [0.25, 0.3) is 0 Å². The van der Waals surface area contributed by atoms with Crippen LogP contribution >= 0.6 is 0 Å². The van der Waals surface area contributed by atoms with Gasteiger partial charge >= 0.3 is 0 Å². The molecule has 2 unspecified atom stereocenters. The lowest BCUT2D eigenvalue weighted by atomic mass is 9.77. The topological polar surface area (TPSA) is 55.8 Å². The van der Waals surface area contributed by atoms with E-state index in [1.54, 1.807) is 0 Å². The molecule has 152 valence electrons.